The van der Waals surface area contributed by atoms with Crippen molar-refractivity contribution in [1.29, 1.82) is 0 Å². The van der Waals surface area contributed by atoms with Gasteiger partial charge in [0.15, 0.2) is 0 Å². The first-order valence-corrected chi connectivity index (χ1v) is 7.67. The minimum Gasteiger partial charge on any atom is -0.305 e. The summed E-state index contributed by atoms with van der Waals surface area (Å²) in [6, 6.07) is 1.24. The lowest BCUT2D eigenvalue weighted by Crippen LogP contribution is -2.29. The third kappa shape index (κ3) is 3.08. The van der Waals surface area contributed by atoms with Crippen LogP contribution < -0.4 is 5.32 Å². The van der Waals surface area contributed by atoms with Crippen LogP contribution in [0.15, 0.2) is 0 Å². The van der Waals surface area contributed by atoms with Gasteiger partial charge in [0.1, 0.15) is 5.01 Å². The van der Waals surface area contributed by atoms with Gasteiger partial charge < -0.3 is 5.32 Å². The van der Waals surface area contributed by atoms with E-state index in [-0.39, 0.29) is 0 Å². The highest BCUT2D eigenvalue weighted by molar-refractivity contribution is 7.11. The maximum Gasteiger partial charge on any atom is 0.110 e. The van der Waals surface area contributed by atoms with Crippen LogP contribution in [0.2, 0.25) is 0 Å². The van der Waals surface area contributed by atoms with E-state index in [1.807, 2.05) is 11.3 Å². The fourth-order valence-electron chi connectivity index (χ4n) is 2.30. The minimum absolute atomic E-state index is 0.481. The molecular weight excluding hydrogens is 228 g/mol. The molecular formula is C14H24N2S. The second kappa shape index (κ2) is 5.49. The van der Waals surface area contributed by atoms with Gasteiger partial charge in [0.2, 0.25) is 0 Å². The Morgan fingerprint density at radius 3 is 2.35 bits per heavy atom. The standard InChI is InChI=1S/C14H24N2S/c1-5-11(6-2)13(16-12-7-8-12)14-15-9(3)10(4)17-14/h11-13,16H,5-8H2,1-4H3. The first-order valence-electron chi connectivity index (χ1n) is 6.85. The van der Waals surface area contributed by atoms with Crippen molar-refractivity contribution in [1.82, 2.24) is 10.3 Å². The van der Waals surface area contributed by atoms with Gasteiger partial charge in [-0.25, -0.2) is 4.98 Å². The summed E-state index contributed by atoms with van der Waals surface area (Å²) < 4.78 is 0. The molecule has 1 aromatic rings. The molecule has 0 saturated heterocycles. The molecule has 0 aromatic carbocycles. The van der Waals surface area contributed by atoms with E-state index in [1.54, 1.807) is 0 Å². The first-order chi connectivity index (χ1) is 8.15. The zero-order valence-corrected chi connectivity index (χ0v) is 12.2. The van der Waals surface area contributed by atoms with Crippen LogP contribution >= 0.6 is 11.3 Å². The molecule has 96 valence electrons. The van der Waals surface area contributed by atoms with Gasteiger partial charge in [-0.2, -0.15) is 0 Å². The van der Waals surface area contributed by atoms with Crippen molar-refractivity contribution in [3.05, 3.63) is 15.6 Å². The van der Waals surface area contributed by atoms with Crippen LogP contribution in [0.4, 0.5) is 0 Å². The number of nitrogens with zero attached hydrogens (tertiary/aromatic N) is 1. The molecule has 17 heavy (non-hydrogen) atoms. The second-order valence-corrected chi connectivity index (χ2v) is 6.42. The second-order valence-electron chi connectivity index (χ2n) is 5.19. The molecule has 0 amide bonds. The van der Waals surface area contributed by atoms with Crippen molar-refractivity contribution in [2.24, 2.45) is 5.92 Å². The van der Waals surface area contributed by atoms with E-state index in [0.717, 1.165) is 12.0 Å². The average molecular weight is 252 g/mol. The summed E-state index contributed by atoms with van der Waals surface area (Å²) in [5.41, 5.74) is 1.21. The SMILES string of the molecule is CCC(CC)C(NC1CC1)c1nc(C)c(C)s1. The molecule has 1 atom stereocenters. The maximum absolute atomic E-state index is 4.76. The van der Waals surface area contributed by atoms with Crippen molar-refractivity contribution >= 4 is 11.3 Å². The van der Waals surface area contributed by atoms with Crippen molar-refractivity contribution < 1.29 is 0 Å². The highest BCUT2D eigenvalue weighted by Gasteiger charge is 2.30. The Hall–Kier alpha value is -0.410. The van der Waals surface area contributed by atoms with E-state index in [0.29, 0.717) is 6.04 Å². The lowest BCUT2D eigenvalue weighted by Gasteiger charge is -2.24. The summed E-state index contributed by atoms with van der Waals surface area (Å²) in [5.74, 6) is 0.723. The van der Waals surface area contributed by atoms with E-state index in [1.165, 1.54) is 41.3 Å². The van der Waals surface area contributed by atoms with Crippen LogP contribution in [0.1, 0.15) is 61.2 Å². The molecule has 1 saturated carbocycles. The smallest absolute Gasteiger partial charge is 0.110 e. The number of hydrogen-bond donors (Lipinski definition) is 1. The van der Waals surface area contributed by atoms with Gasteiger partial charge in [-0.05, 0) is 32.6 Å². The van der Waals surface area contributed by atoms with Gasteiger partial charge in [-0.15, -0.1) is 11.3 Å². The molecule has 1 aliphatic rings. The van der Waals surface area contributed by atoms with Crippen LogP contribution in [-0.2, 0) is 0 Å². The zero-order chi connectivity index (χ0) is 12.4. The molecule has 1 unspecified atom stereocenters. The highest BCUT2D eigenvalue weighted by atomic mass is 32.1. The normalized spacial score (nSPS) is 17.7. The molecule has 1 heterocycles. The Balaban J connectivity index is 2.18. The lowest BCUT2D eigenvalue weighted by molar-refractivity contribution is 0.337. The van der Waals surface area contributed by atoms with Gasteiger partial charge in [0.25, 0.3) is 0 Å². The third-order valence-electron chi connectivity index (χ3n) is 3.82. The quantitative estimate of drug-likeness (QED) is 0.828. The van der Waals surface area contributed by atoms with E-state index < -0.39 is 0 Å². The summed E-state index contributed by atoms with van der Waals surface area (Å²) in [7, 11) is 0. The Bertz CT molecular complexity index is 345. The summed E-state index contributed by atoms with van der Waals surface area (Å²) in [4.78, 5) is 6.13. The van der Waals surface area contributed by atoms with Crippen LogP contribution in [0.5, 0.6) is 0 Å². The van der Waals surface area contributed by atoms with Crippen molar-refractivity contribution in [3.8, 4) is 0 Å². The van der Waals surface area contributed by atoms with Gasteiger partial charge in [-0.1, -0.05) is 26.7 Å². The van der Waals surface area contributed by atoms with Gasteiger partial charge >= 0.3 is 0 Å². The van der Waals surface area contributed by atoms with Crippen molar-refractivity contribution in [3.63, 3.8) is 0 Å². The monoisotopic (exact) mass is 252 g/mol. The van der Waals surface area contributed by atoms with Crippen LogP contribution in [0, 0.1) is 19.8 Å². The molecule has 1 aromatic heterocycles. The first kappa shape index (κ1) is 13.0. The number of thiazole rings is 1. The molecule has 0 aliphatic heterocycles. The number of aromatic nitrogens is 1. The summed E-state index contributed by atoms with van der Waals surface area (Å²) >= 11 is 1.88. The zero-order valence-electron chi connectivity index (χ0n) is 11.4. The fourth-order valence-corrected chi connectivity index (χ4v) is 3.38. The predicted molar refractivity (Wildman–Crippen MR) is 74.6 cm³/mol. The highest BCUT2D eigenvalue weighted by Crippen LogP contribution is 2.34. The summed E-state index contributed by atoms with van der Waals surface area (Å²) in [6.07, 6.45) is 5.16. The molecule has 0 spiro atoms. The van der Waals surface area contributed by atoms with Crippen LogP contribution in [0.3, 0.4) is 0 Å². The average Bonchev–Trinajstić information content (AvgIpc) is 3.06. The number of aryl methyl sites for hydroxylation is 2. The van der Waals surface area contributed by atoms with Gasteiger partial charge in [0.05, 0.1) is 11.7 Å². The lowest BCUT2D eigenvalue weighted by atomic mass is 9.94. The topological polar surface area (TPSA) is 24.9 Å². The minimum atomic E-state index is 0.481. The Labute approximate surface area is 109 Å². The third-order valence-corrected chi connectivity index (χ3v) is 4.98. The van der Waals surface area contributed by atoms with E-state index in [9.17, 15) is 0 Å². The number of rotatable bonds is 6. The molecule has 2 nitrogen and oxygen atoms in total. The maximum atomic E-state index is 4.76. The van der Waals surface area contributed by atoms with Crippen molar-refractivity contribution in [2.45, 2.75) is 65.5 Å². The Kier molecular flexibility index (Phi) is 4.21. The van der Waals surface area contributed by atoms with E-state index in [4.69, 9.17) is 4.98 Å². The van der Waals surface area contributed by atoms with Crippen LogP contribution in [-0.4, -0.2) is 11.0 Å². The summed E-state index contributed by atoms with van der Waals surface area (Å²) in [5, 5.41) is 5.10. The number of nitrogens with one attached hydrogen (secondary N) is 1. The fraction of sp³-hybridized carbons (Fsp3) is 0.786. The summed E-state index contributed by atoms with van der Waals surface area (Å²) in [6.45, 7) is 8.89. The molecule has 1 N–H and O–H groups in total. The van der Waals surface area contributed by atoms with Gasteiger partial charge in [0, 0.05) is 10.9 Å². The molecule has 2 rings (SSSR count). The van der Waals surface area contributed by atoms with Crippen molar-refractivity contribution in [2.75, 3.05) is 0 Å². The van der Waals surface area contributed by atoms with Crippen LogP contribution in [0.25, 0.3) is 0 Å². The molecule has 1 fully saturated rings. The molecule has 0 radical (unpaired) electrons. The largest absolute Gasteiger partial charge is 0.305 e. The van der Waals surface area contributed by atoms with E-state index in [2.05, 4.69) is 33.0 Å². The Morgan fingerprint density at radius 1 is 1.29 bits per heavy atom. The Morgan fingerprint density at radius 2 is 1.94 bits per heavy atom. The predicted octanol–water partition coefficient (Wildman–Crippen LogP) is 3.99. The molecule has 1 aliphatic carbocycles. The van der Waals surface area contributed by atoms with E-state index >= 15 is 0 Å². The van der Waals surface area contributed by atoms with Gasteiger partial charge in [-0.3, -0.25) is 0 Å². The molecule has 3 heteroatoms. The number of hydrogen-bond acceptors (Lipinski definition) is 3. The molecule has 0 bridgehead atoms.